The molecule has 0 saturated heterocycles. The minimum atomic E-state index is -1.28. The normalized spacial score (nSPS) is 9.56. The molecule has 0 aromatic heterocycles. The van der Waals surface area contributed by atoms with Gasteiger partial charge < -0.3 is 9.05 Å². The molecule has 0 saturated carbocycles. The van der Waals surface area contributed by atoms with Crippen LogP contribution in [0.5, 0.6) is 0 Å². The van der Waals surface area contributed by atoms with Crippen molar-refractivity contribution in [2.75, 3.05) is 21.0 Å². The first-order valence-electron chi connectivity index (χ1n) is 2.19. The minimum absolute atomic E-state index is 0.00656. The lowest BCUT2D eigenvalue weighted by Crippen LogP contribution is -1.87. The Morgan fingerprint density at radius 2 is 2.00 bits per heavy atom. The summed E-state index contributed by atoms with van der Waals surface area (Å²) in [6.07, 6.45) is 0. The fourth-order valence-corrected chi connectivity index (χ4v) is 0.768. The average molecular weight is 149 g/mol. The van der Waals surface area contributed by atoms with E-state index in [0.29, 0.717) is 0 Å². The lowest BCUT2D eigenvalue weighted by atomic mass is 11.3. The summed E-state index contributed by atoms with van der Waals surface area (Å²) in [5.41, 5.74) is 0. The van der Waals surface area contributed by atoms with E-state index in [2.05, 4.69) is 13.9 Å². The molecule has 0 atom stereocenters. The van der Waals surface area contributed by atoms with Crippen molar-refractivity contribution in [2.45, 2.75) is 0 Å². The molecule has 0 amide bonds. The second-order valence-electron chi connectivity index (χ2n) is 1.01. The first kappa shape index (κ1) is 8.80. The third-order valence-corrected chi connectivity index (χ3v) is 1.45. The molecule has 0 rings (SSSR count). The predicted octanol–water partition coefficient (Wildman–Crippen LogP) is 1.40. The monoisotopic (exact) mass is 149 g/mol. The lowest BCUT2D eigenvalue weighted by molar-refractivity contribution is 0.222. The first-order chi connectivity index (χ1) is 4.35. The molecule has 0 heterocycles. The molecule has 52 valence electrons. The van der Waals surface area contributed by atoms with Crippen molar-refractivity contribution in [1.29, 1.82) is 0 Å². The van der Waals surface area contributed by atoms with E-state index in [1.54, 1.807) is 0 Å². The maximum absolute atomic E-state index is 6.35. The van der Waals surface area contributed by atoms with Crippen LogP contribution in [0.3, 0.4) is 0 Å². The van der Waals surface area contributed by atoms with Gasteiger partial charge in [0, 0.05) is 14.2 Å². The molecule has 0 radical (unpaired) electrons. The van der Waals surface area contributed by atoms with E-state index >= 15 is 0 Å². The van der Waals surface area contributed by atoms with E-state index in [1.807, 2.05) is 0 Å². The van der Waals surface area contributed by atoms with Gasteiger partial charge in [0.05, 0.1) is 0 Å². The highest BCUT2D eigenvalue weighted by molar-refractivity contribution is 7.41. The molecule has 0 aliphatic rings. The van der Waals surface area contributed by atoms with Crippen LogP contribution in [-0.2, 0) is 13.6 Å². The molecule has 0 bridgehead atoms. The summed E-state index contributed by atoms with van der Waals surface area (Å²) < 4.78 is 14.1. The summed E-state index contributed by atoms with van der Waals surface area (Å²) in [4.78, 5) is 2.96. The SMILES string of the molecule is [C-]#[N+]COP(OC)OC. The summed E-state index contributed by atoms with van der Waals surface area (Å²) in [5, 5.41) is 0. The molecule has 4 nitrogen and oxygen atoms in total. The zero-order valence-corrected chi connectivity index (χ0v) is 6.22. The van der Waals surface area contributed by atoms with Gasteiger partial charge in [-0.1, -0.05) is 0 Å². The second-order valence-corrected chi connectivity index (χ2v) is 2.44. The number of nitrogens with zero attached hydrogens (tertiary/aromatic N) is 1. The van der Waals surface area contributed by atoms with Crippen LogP contribution in [0.4, 0.5) is 0 Å². The van der Waals surface area contributed by atoms with Crippen molar-refractivity contribution in [1.82, 2.24) is 0 Å². The molecular formula is C4H8NO3P. The van der Waals surface area contributed by atoms with Crippen LogP contribution in [-0.4, -0.2) is 21.0 Å². The molecule has 0 aromatic carbocycles. The van der Waals surface area contributed by atoms with Gasteiger partial charge in [-0.15, -0.1) is 0 Å². The van der Waals surface area contributed by atoms with Gasteiger partial charge >= 0.3 is 15.3 Å². The fraction of sp³-hybridized carbons (Fsp3) is 0.750. The number of rotatable bonds is 4. The van der Waals surface area contributed by atoms with E-state index in [4.69, 9.17) is 11.1 Å². The van der Waals surface area contributed by atoms with Gasteiger partial charge in [-0.2, -0.15) is 0 Å². The van der Waals surface area contributed by atoms with Gasteiger partial charge in [0.25, 0.3) is 0 Å². The summed E-state index contributed by atoms with van der Waals surface area (Å²) in [6, 6.07) is 0. The fourth-order valence-electron chi connectivity index (χ4n) is 0.256. The number of hydrogen-bond donors (Lipinski definition) is 0. The zero-order valence-electron chi connectivity index (χ0n) is 5.33. The zero-order chi connectivity index (χ0) is 7.11. The molecular weight excluding hydrogens is 141 g/mol. The maximum atomic E-state index is 6.35. The molecule has 0 unspecified atom stereocenters. The van der Waals surface area contributed by atoms with E-state index in [0.717, 1.165) is 0 Å². The summed E-state index contributed by atoms with van der Waals surface area (Å²) in [6.45, 7) is 6.34. The van der Waals surface area contributed by atoms with Crippen molar-refractivity contribution in [3.8, 4) is 0 Å². The second kappa shape index (κ2) is 5.93. The van der Waals surface area contributed by atoms with Crippen molar-refractivity contribution in [3.05, 3.63) is 11.4 Å². The predicted molar refractivity (Wildman–Crippen MR) is 33.5 cm³/mol. The van der Waals surface area contributed by atoms with E-state index in [-0.39, 0.29) is 6.73 Å². The van der Waals surface area contributed by atoms with Crippen LogP contribution in [0.2, 0.25) is 0 Å². The van der Waals surface area contributed by atoms with Crippen LogP contribution in [0.15, 0.2) is 0 Å². The Balaban J connectivity index is 3.22. The smallest absolute Gasteiger partial charge is 0.315 e. The highest BCUT2D eigenvalue weighted by Crippen LogP contribution is 2.36. The molecule has 0 aliphatic heterocycles. The Hall–Kier alpha value is -0.200. The Kier molecular flexibility index (Phi) is 5.80. The topological polar surface area (TPSA) is 32.0 Å². The maximum Gasteiger partial charge on any atom is 0.338 e. The van der Waals surface area contributed by atoms with Gasteiger partial charge in [-0.05, 0) is 0 Å². The number of hydrogen-bond acceptors (Lipinski definition) is 3. The summed E-state index contributed by atoms with van der Waals surface area (Å²) in [7, 11) is 1.67. The summed E-state index contributed by atoms with van der Waals surface area (Å²) in [5.74, 6) is 0. The molecule has 0 N–H and O–H groups in total. The molecule has 0 fully saturated rings. The molecule has 0 aliphatic carbocycles. The third kappa shape index (κ3) is 4.31. The Labute approximate surface area is 55.5 Å². The average Bonchev–Trinajstić information content (AvgIpc) is 1.91. The van der Waals surface area contributed by atoms with E-state index < -0.39 is 8.60 Å². The van der Waals surface area contributed by atoms with Gasteiger partial charge in [0.2, 0.25) is 0 Å². The van der Waals surface area contributed by atoms with E-state index in [1.165, 1.54) is 14.2 Å². The van der Waals surface area contributed by atoms with Gasteiger partial charge in [-0.3, -0.25) is 4.85 Å². The standard InChI is InChI=1S/C4H8NO3P/c1-5-4-8-9(6-2)7-3/h4H2,2-3H3. The lowest BCUT2D eigenvalue weighted by Gasteiger charge is -2.05. The summed E-state index contributed by atoms with van der Waals surface area (Å²) >= 11 is 0. The first-order valence-corrected chi connectivity index (χ1v) is 3.29. The van der Waals surface area contributed by atoms with Gasteiger partial charge in [-0.25, -0.2) is 11.1 Å². The largest absolute Gasteiger partial charge is 0.338 e. The van der Waals surface area contributed by atoms with Crippen molar-refractivity contribution in [2.24, 2.45) is 0 Å². The van der Waals surface area contributed by atoms with Crippen molar-refractivity contribution < 1.29 is 13.6 Å². The Morgan fingerprint density at radius 1 is 1.44 bits per heavy atom. The van der Waals surface area contributed by atoms with Crippen molar-refractivity contribution in [3.63, 3.8) is 0 Å². The van der Waals surface area contributed by atoms with Crippen LogP contribution in [0, 0.1) is 6.57 Å². The highest BCUT2D eigenvalue weighted by atomic mass is 31.2. The van der Waals surface area contributed by atoms with Crippen molar-refractivity contribution >= 4 is 8.60 Å². The van der Waals surface area contributed by atoms with Crippen LogP contribution in [0.25, 0.3) is 4.85 Å². The van der Waals surface area contributed by atoms with Gasteiger partial charge in [0.15, 0.2) is 0 Å². The van der Waals surface area contributed by atoms with E-state index in [9.17, 15) is 0 Å². The van der Waals surface area contributed by atoms with Gasteiger partial charge in [0.1, 0.15) is 0 Å². The molecule has 0 aromatic rings. The molecule has 9 heavy (non-hydrogen) atoms. The highest BCUT2D eigenvalue weighted by Gasteiger charge is 2.06. The Morgan fingerprint density at radius 3 is 2.33 bits per heavy atom. The third-order valence-electron chi connectivity index (χ3n) is 0.526. The van der Waals surface area contributed by atoms with Crippen LogP contribution in [0.1, 0.15) is 0 Å². The Bertz CT molecular complexity index is 98.5. The molecule has 5 heteroatoms. The quantitative estimate of drug-likeness (QED) is 0.447. The molecule has 0 spiro atoms. The minimum Gasteiger partial charge on any atom is -0.315 e. The van der Waals surface area contributed by atoms with Crippen LogP contribution >= 0.6 is 8.60 Å². The van der Waals surface area contributed by atoms with Crippen LogP contribution < -0.4 is 0 Å².